The van der Waals surface area contributed by atoms with Crippen molar-refractivity contribution >= 4 is 16.7 Å². The van der Waals surface area contributed by atoms with Gasteiger partial charge < -0.3 is 4.74 Å². The second-order valence-electron chi connectivity index (χ2n) is 8.00. The molecule has 1 aliphatic carbocycles. The molecule has 1 aliphatic heterocycles. The molecule has 1 aromatic carbocycles. The van der Waals surface area contributed by atoms with Crippen molar-refractivity contribution in [1.29, 1.82) is 0 Å². The van der Waals surface area contributed by atoms with Gasteiger partial charge in [0.1, 0.15) is 5.78 Å². The molecule has 148 valence electrons. The molecule has 6 nitrogen and oxygen atoms in total. The van der Waals surface area contributed by atoms with Crippen LogP contribution in [0.15, 0.2) is 42.7 Å². The van der Waals surface area contributed by atoms with Crippen molar-refractivity contribution in [3.63, 3.8) is 0 Å². The summed E-state index contributed by atoms with van der Waals surface area (Å²) in [6, 6.07) is 10.4. The maximum Gasteiger partial charge on any atom is 0.141 e. The van der Waals surface area contributed by atoms with Crippen LogP contribution >= 0.6 is 0 Å². The van der Waals surface area contributed by atoms with Crippen LogP contribution in [-0.4, -0.2) is 52.2 Å². The van der Waals surface area contributed by atoms with E-state index >= 15 is 0 Å². The molecule has 2 fully saturated rings. The minimum absolute atomic E-state index is 0.249. The molecule has 0 radical (unpaired) electrons. The molecule has 3 aromatic rings. The van der Waals surface area contributed by atoms with Crippen LogP contribution in [0.1, 0.15) is 24.1 Å². The van der Waals surface area contributed by atoms with Gasteiger partial charge in [0.2, 0.25) is 0 Å². The fourth-order valence-electron chi connectivity index (χ4n) is 3.83. The fourth-order valence-corrected chi connectivity index (χ4v) is 3.83. The van der Waals surface area contributed by atoms with Crippen LogP contribution < -0.4 is 0 Å². The third kappa shape index (κ3) is 4.33. The van der Waals surface area contributed by atoms with Crippen LogP contribution in [-0.2, 0) is 22.5 Å². The van der Waals surface area contributed by atoms with E-state index in [-0.39, 0.29) is 11.7 Å². The summed E-state index contributed by atoms with van der Waals surface area (Å²) in [6.07, 6.45) is 6.27. The van der Waals surface area contributed by atoms with Gasteiger partial charge in [0.25, 0.3) is 0 Å². The lowest BCUT2D eigenvalue weighted by Crippen LogP contribution is -2.35. The number of rotatable bonds is 6. The number of carbonyl (C=O) groups excluding carboxylic acids is 1. The topological polar surface area (TPSA) is 68.2 Å². The van der Waals surface area contributed by atoms with Crippen molar-refractivity contribution in [2.45, 2.75) is 25.8 Å². The Morgan fingerprint density at radius 3 is 2.72 bits per heavy atom. The molecular formula is C23H24N4O2. The predicted octanol–water partition coefficient (Wildman–Crippen LogP) is 3.05. The first-order chi connectivity index (χ1) is 14.2. The molecule has 0 spiro atoms. The van der Waals surface area contributed by atoms with Gasteiger partial charge in [-0.25, -0.2) is 0 Å². The zero-order valence-corrected chi connectivity index (χ0v) is 16.4. The lowest BCUT2D eigenvalue weighted by molar-refractivity contribution is -0.119. The molecule has 1 saturated carbocycles. The minimum atomic E-state index is 0.249. The molecule has 6 heteroatoms. The number of benzene rings is 1. The van der Waals surface area contributed by atoms with E-state index in [9.17, 15) is 4.79 Å². The van der Waals surface area contributed by atoms with E-state index in [4.69, 9.17) is 4.74 Å². The zero-order chi connectivity index (χ0) is 19.6. The van der Waals surface area contributed by atoms with Crippen molar-refractivity contribution < 1.29 is 9.53 Å². The second kappa shape index (κ2) is 7.97. The molecule has 0 atom stereocenters. The average Bonchev–Trinajstić information content (AvgIpc) is 3.60. The number of carbonyl (C=O) groups is 1. The van der Waals surface area contributed by atoms with Crippen LogP contribution in [0.4, 0.5) is 0 Å². The van der Waals surface area contributed by atoms with Gasteiger partial charge in [0.15, 0.2) is 0 Å². The van der Waals surface area contributed by atoms with E-state index in [0.717, 1.165) is 73.4 Å². The van der Waals surface area contributed by atoms with E-state index in [2.05, 4.69) is 38.3 Å². The first-order valence-corrected chi connectivity index (χ1v) is 10.3. The van der Waals surface area contributed by atoms with Crippen molar-refractivity contribution in [3.8, 4) is 11.1 Å². The Morgan fingerprint density at radius 1 is 1.03 bits per heavy atom. The third-order valence-electron chi connectivity index (χ3n) is 5.66. The molecular weight excluding hydrogens is 364 g/mol. The van der Waals surface area contributed by atoms with Gasteiger partial charge in [-0.05, 0) is 48.2 Å². The normalized spacial score (nSPS) is 17.5. The van der Waals surface area contributed by atoms with Crippen molar-refractivity contribution in [2.24, 2.45) is 5.92 Å². The number of nitrogens with zero attached hydrogens (tertiary/aromatic N) is 4. The highest BCUT2D eigenvalue weighted by Crippen LogP contribution is 2.31. The largest absolute Gasteiger partial charge is 0.379 e. The Bertz CT molecular complexity index is 1040. The summed E-state index contributed by atoms with van der Waals surface area (Å²) < 4.78 is 5.43. The lowest BCUT2D eigenvalue weighted by Gasteiger charge is -2.26. The summed E-state index contributed by atoms with van der Waals surface area (Å²) in [5.74, 6) is 0.536. The molecule has 0 amide bonds. The highest BCUT2D eigenvalue weighted by molar-refractivity contribution is 5.87. The molecule has 3 heterocycles. The van der Waals surface area contributed by atoms with Crippen molar-refractivity contribution in [3.05, 3.63) is 54.0 Å². The van der Waals surface area contributed by atoms with Crippen LogP contribution in [0, 0.1) is 5.92 Å². The number of aromatic nitrogens is 3. The Balaban J connectivity index is 1.38. The van der Waals surface area contributed by atoms with Crippen LogP contribution in [0.5, 0.6) is 0 Å². The first kappa shape index (κ1) is 18.3. The first-order valence-electron chi connectivity index (χ1n) is 10.3. The quantitative estimate of drug-likeness (QED) is 0.647. The molecule has 5 rings (SSSR count). The highest BCUT2D eigenvalue weighted by atomic mass is 16.5. The maximum atomic E-state index is 12.1. The predicted molar refractivity (Wildman–Crippen MR) is 110 cm³/mol. The Kier molecular flexibility index (Phi) is 5.04. The van der Waals surface area contributed by atoms with E-state index in [1.807, 2.05) is 24.5 Å². The summed E-state index contributed by atoms with van der Waals surface area (Å²) in [6.45, 7) is 4.40. The van der Waals surface area contributed by atoms with Gasteiger partial charge in [0, 0.05) is 48.9 Å². The number of hydrogen-bond donors (Lipinski definition) is 0. The van der Waals surface area contributed by atoms with E-state index in [0.29, 0.717) is 6.42 Å². The van der Waals surface area contributed by atoms with Crippen molar-refractivity contribution in [2.75, 3.05) is 26.3 Å². The smallest absolute Gasteiger partial charge is 0.141 e. The number of fused-ring (bicyclic) bond motifs is 1. The number of ether oxygens (including phenoxy) is 1. The Hall–Kier alpha value is -2.70. The summed E-state index contributed by atoms with van der Waals surface area (Å²) in [7, 11) is 0. The SMILES string of the molecule is O=C(Cc1cc2cc(-c3cncc(CN4CCOCC4)c3)ccc2nn1)C1CC1. The van der Waals surface area contributed by atoms with Crippen molar-refractivity contribution in [1.82, 2.24) is 20.1 Å². The lowest BCUT2D eigenvalue weighted by atomic mass is 10.0. The summed E-state index contributed by atoms with van der Waals surface area (Å²) in [5.41, 5.74) is 4.99. The monoisotopic (exact) mass is 388 g/mol. The van der Waals surface area contributed by atoms with E-state index in [1.54, 1.807) is 0 Å². The van der Waals surface area contributed by atoms with Crippen LogP contribution in [0.25, 0.3) is 22.0 Å². The number of hydrogen-bond acceptors (Lipinski definition) is 6. The standard InChI is InChI=1S/C23H24N4O2/c28-23(17-1-2-17)12-21-11-19-10-18(3-4-22(19)26-25-21)20-9-16(13-24-14-20)15-27-5-7-29-8-6-27/h3-4,9-11,13-14,17H,1-2,5-8,12,15H2. The Labute approximate surface area is 169 Å². The number of pyridine rings is 1. The fraction of sp³-hybridized carbons (Fsp3) is 0.391. The molecule has 0 bridgehead atoms. The maximum absolute atomic E-state index is 12.1. The Morgan fingerprint density at radius 2 is 1.90 bits per heavy atom. The van der Waals surface area contributed by atoms with E-state index < -0.39 is 0 Å². The molecule has 29 heavy (non-hydrogen) atoms. The number of morpholine rings is 1. The second-order valence-corrected chi connectivity index (χ2v) is 8.00. The zero-order valence-electron chi connectivity index (χ0n) is 16.4. The molecule has 0 unspecified atom stereocenters. The van der Waals surface area contributed by atoms with Gasteiger partial charge in [-0.1, -0.05) is 6.07 Å². The van der Waals surface area contributed by atoms with E-state index in [1.165, 1.54) is 5.56 Å². The molecule has 0 N–H and O–H groups in total. The summed E-state index contributed by atoms with van der Waals surface area (Å²) in [5, 5.41) is 9.56. The molecule has 2 aromatic heterocycles. The number of ketones is 1. The highest BCUT2D eigenvalue weighted by Gasteiger charge is 2.29. The van der Waals surface area contributed by atoms with Gasteiger partial charge in [-0.15, -0.1) is 0 Å². The summed E-state index contributed by atoms with van der Waals surface area (Å²) in [4.78, 5) is 19.0. The van der Waals surface area contributed by atoms with Gasteiger partial charge >= 0.3 is 0 Å². The van der Waals surface area contributed by atoms with Gasteiger partial charge in [-0.3, -0.25) is 14.7 Å². The summed E-state index contributed by atoms with van der Waals surface area (Å²) >= 11 is 0. The minimum Gasteiger partial charge on any atom is -0.379 e. The van der Waals surface area contributed by atoms with Gasteiger partial charge in [-0.2, -0.15) is 10.2 Å². The number of Topliss-reactive ketones (excluding diaryl/α,β-unsaturated/α-hetero) is 1. The molecule has 1 saturated heterocycles. The van der Waals surface area contributed by atoms with Crippen LogP contribution in [0.2, 0.25) is 0 Å². The third-order valence-corrected chi connectivity index (χ3v) is 5.66. The average molecular weight is 388 g/mol. The molecule has 2 aliphatic rings. The van der Waals surface area contributed by atoms with Gasteiger partial charge in [0.05, 0.1) is 30.8 Å². The van der Waals surface area contributed by atoms with Crippen LogP contribution in [0.3, 0.4) is 0 Å².